The number of anilines is 4. The zero-order chi connectivity index (χ0) is 35.6. The minimum absolute atomic E-state index is 0.580. The van der Waals surface area contributed by atoms with Crippen molar-refractivity contribution in [3.8, 4) is 11.1 Å². The van der Waals surface area contributed by atoms with Crippen molar-refractivity contribution in [3.05, 3.63) is 170 Å². The molecule has 4 nitrogen and oxygen atoms in total. The van der Waals surface area contributed by atoms with Crippen LogP contribution < -0.4 is 15.5 Å². The van der Waals surface area contributed by atoms with Crippen LogP contribution in [0.15, 0.2) is 164 Å². The molecule has 0 fully saturated rings. The molecule has 53 heavy (non-hydrogen) atoms. The Morgan fingerprint density at radius 1 is 0.623 bits per heavy atom. The van der Waals surface area contributed by atoms with Gasteiger partial charge in [0.2, 0.25) is 0 Å². The molecule has 0 radical (unpaired) electrons. The fourth-order valence-corrected chi connectivity index (χ4v) is 9.25. The highest BCUT2D eigenvalue weighted by Crippen LogP contribution is 2.58. The van der Waals surface area contributed by atoms with E-state index >= 15 is 0 Å². The Balaban J connectivity index is 1.43. The Kier molecular flexibility index (Phi) is 7.31. The Morgan fingerprint density at radius 2 is 1.32 bits per heavy atom. The second-order valence-electron chi connectivity index (χ2n) is 13.5. The van der Waals surface area contributed by atoms with Crippen molar-refractivity contribution in [1.82, 2.24) is 9.97 Å². The molecule has 0 atom stereocenters. The predicted molar refractivity (Wildman–Crippen MR) is 234 cm³/mol. The molecule has 0 saturated carbocycles. The van der Waals surface area contributed by atoms with Gasteiger partial charge in [-0.05, 0) is 51.4 Å². The first-order chi connectivity index (χ1) is 26.1. The van der Waals surface area contributed by atoms with Gasteiger partial charge < -0.3 is 0 Å². The fraction of sp³-hybridized carbons (Fsp3) is 0. The predicted octanol–water partition coefficient (Wildman–Crippen LogP) is 10.2. The summed E-state index contributed by atoms with van der Waals surface area (Å²) in [6.45, 7) is 4.52. The number of nitrogens with zero attached hydrogens (tertiary/aromatic N) is 4. The van der Waals surface area contributed by atoms with Crippen LogP contribution in [0.4, 0.5) is 23.0 Å². The van der Waals surface area contributed by atoms with Crippen molar-refractivity contribution >= 4 is 114 Å². The van der Waals surface area contributed by atoms with Gasteiger partial charge in [0.25, 0.3) is 5.95 Å². The molecule has 0 spiro atoms. The lowest BCUT2D eigenvalue weighted by molar-refractivity contribution is 0.932. The van der Waals surface area contributed by atoms with Gasteiger partial charge >= 0.3 is 0 Å². The molecule has 1 aliphatic rings. The molecule has 248 valence electrons. The molecule has 2 aromatic heterocycles. The molecule has 1 aliphatic heterocycles. The molecule has 0 aliphatic carbocycles. The van der Waals surface area contributed by atoms with Crippen molar-refractivity contribution in [2.45, 2.75) is 0 Å². The van der Waals surface area contributed by atoms with E-state index in [1.807, 2.05) is 55.5 Å². The van der Waals surface area contributed by atoms with Crippen LogP contribution in [0, 0.1) is 0 Å². The quantitative estimate of drug-likeness (QED) is 0.133. The number of hydrazine groups is 1. The summed E-state index contributed by atoms with van der Waals surface area (Å²) in [7, 11) is 4.19. The molecule has 9 aromatic rings. The van der Waals surface area contributed by atoms with Gasteiger partial charge in [-0.25, -0.2) is 20.0 Å². The Labute approximate surface area is 313 Å². The summed E-state index contributed by atoms with van der Waals surface area (Å²) >= 11 is 1.84. The number of rotatable bonds is 5. The zero-order valence-corrected chi connectivity index (χ0v) is 30.2. The molecule has 10 rings (SSSR count). The standard InChI is InChI=1S/C46H32B2N4S/c1-28(14-12-13-27-47)43-33-19-6-9-22-36(33)49-46(50-43)52-44-42(32-18-5-4-17-31(32)40-34-20-7-11-24-39(34)53-45(40)44)41-30-16-3-2-15-29(30)25-26-38(41)51(52)37-23-10-8-21-35(37)48/h2-27H,1,47-48H2/b14-12-,27-13-. The summed E-state index contributed by atoms with van der Waals surface area (Å²) in [5, 5.41) is 12.9. The number of hydrogen-bond acceptors (Lipinski definition) is 5. The first-order valence-corrected chi connectivity index (χ1v) is 18.7. The van der Waals surface area contributed by atoms with Gasteiger partial charge in [0.1, 0.15) is 15.7 Å². The van der Waals surface area contributed by atoms with Gasteiger partial charge in [0, 0.05) is 32.0 Å². The number of aromatic nitrogens is 2. The lowest BCUT2D eigenvalue weighted by atomic mass is 9.86. The molecule has 7 aromatic carbocycles. The van der Waals surface area contributed by atoms with Crippen LogP contribution in [0.1, 0.15) is 5.69 Å². The zero-order valence-electron chi connectivity index (χ0n) is 29.4. The summed E-state index contributed by atoms with van der Waals surface area (Å²) in [4.78, 5) is 10.9. The highest BCUT2D eigenvalue weighted by Gasteiger charge is 2.38. The third-order valence-corrected chi connectivity index (χ3v) is 11.5. The van der Waals surface area contributed by atoms with E-state index < -0.39 is 0 Å². The SMILES string of the molecule is B/C=C\C=C/C(=C)c1nc(N2c3c(c4ccccc4c4c3sc3ccccc34)-c3c(ccc4ccccc34)N2c2ccccc2B)nc2ccccc12. The topological polar surface area (TPSA) is 32.3 Å². The van der Waals surface area contributed by atoms with Gasteiger partial charge in [-0.1, -0.05) is 139 Å². The number of thiophene rings is 1. The second kappa shape index (κ2) is 12.4. The van der Waals surface area contributed by atoms with Crippen LogP contribution in [-0.2, 0) is 0 Å². The minimum atomic E-state index is 0.580. The first-order valence-electron chi connectivity index (χ1n) is 17.9. The second-order valence-corrected chi connectivity index (χ2v) is 14.5. The maximum atomic E-state index is 5.49. The minimum Gasteiger partial charge on any atom is -0.246 e. The van der Waals surface area contributed by atoms with Gasteiger partial charge in [0.15, 0.2) is 0 Å². The molecule has 3 heterocycles. The lowest BCUT2D eigenvalue weighted by Gasteiger charge is -2.44. The van der Waals surface area contributed by atoms with E-state index in [9.17, 15) is 0 Å². The van der Waals surface area contributed by atoms with E-state index in [0.717, 1.165) is 44.7 Å². The van der Waals surface area contributed by atoms with Crippen LogP contribution in [-0.4, -0.2) is 25.7 Å². The first kappa shape index (κ1) is 31.3. The summed E-state index contributed by atoms with van der Waals surface area (Å²) in [6, 6.07) is 47.8. The number of fused-ring (bicyclic) bond motifs is 13. The van der Waals surface area contributed by atoms with E-state index in [2.05, 4.69) is 146 Å². The van der Waals surface area contributed by atoms with E-state index in [0.29, 0.717) is 5.95 Å². The van der Waals surface area contributed by atoms with Crippen LogP contribution in [0.5, 0.6) is 0 Å². The Morgan fingerprint density at radius 3 is 2.15 bits per heavy atom. The fourth-order valence-electron chi connectivity index (χ4n) is 8.00. The monoisotopic (exact) mass is 694 g/mol. The van der Waals surface area contributed by atoms with Crippen molar-refractivity contribution < 1.29 is 0 Å². The van der Waals surface area contributed by atoms with Crippen molar-refractivity contribution in [2.24, 2.45) is 0 Å². The normalized spacial score (nSPS) is 12.9. The number of allylic oxidation sites excluding steroid dienone is 4. The van der Waals surface area contributed by atoms with Crippen LogP contribution in [0.3, 0.4) is 0 Å². The molecule has 0 amide bonds. The number of para-hydroxylation sites is 2. The average molecular weight is 694 g/mol. The highest BCUT2D eigenvalue weighted by molar-refractivity contribution is 7.26. The largest absolute Gasteiger partial charge is 0.251 e. The van der Waals surface area contributed by atoms with Crippen LogP contribution >= 0.6 is 11.3 Å². The van der Waals surface area contributed by atoms with Crippen molar-refractivity contribution in [2.75, 3.05) is 10.0 Å². The number of benzene rings is 7. The molecule has 0 N–H and O–H groups in total. The molecular formula is C46H32B2N4S. The van der Waals surface area contributed by atoms with Gasteiger partial charge in [-0.3, -0.25) is 0 Å². The van der Waals surface area contributed by atoms with Crippen molar-refractivity contribution in [3.63, 3.8) is 0 Å². The van der Waals surface area contributed by atoms with E-state index in [-0.39, 0.29) is 0 Å². The third kappa shape index (κ3) is 4.78. The molecular weight excluding hydrogens is 662 g/mol. The van der Waals surface area contributed by atoms with E-state index in [4.69, 9.17) is 9.97 Å². The summed E-state index contributed by atoms with van der Waals surface area (Å²) in [6.07, 6.45) is 6.06. The molecule has 0 unspecified atom stereocenters. The number of hydrogen-bond donors (Lipinski definition) is 0. The summed E-state index contributed by atoms with van der Waals surface area (Å²) in [5.74, 6) is 2.59. The highest BCUT2D eigenvalue weighted by atomic mass is 32.1. The molecule has 0 bridgehead atoms. The average Bonchev–Trinajstić information content (AvgIpc) is 3.60. The summed E-state index contributed by atoms with van der Waals surface area (Å²) in [5.41, 5.74) is 9.21. The van der Waals surface area contributed by atoms with Crippen LogP contribution in [0.2, 0.25) is 0 Å². The molecule has 7 heteroatoms. The van der Waals surface area contributed by atoms with Gasteiger partial charge in [-0.2, -0.15) is 0 Å². The smallest absolute Gasteiger partial charge is 0.246 e. The van der Waals surface area contributed by atoms with Gasteiger partial charge in [-0.15, -0.1) is 17.3 Å². The Bertz CT molecular complexity index is 3040. The Hall–Kier alpha value is -6.43. The van der Waals surface area contributed by atoms with Crippen molar-refractivity contribution in [1.29, 1.82) is 0 Å². The van der Waals surface area contributed by atoms with Crippen LogP contribution in [0.25, 0.3) is 69.3 Å². The van der Waals surface area contributed by atoms with Gasteiger partial charge in [0.05, 0.1) is 33.0 Å². The summed E-state index contributed by atoms with van der Waals surface area (Å²) < 4.78 is 2.44. The lowest BCUT2D eigenvalue weighted by Crippen LogP contribution is -2.42. The maximum Gasteiger partial charge on any atom is 0.251 e. The maximum absolute atomic E-state index is 5.49. The third-order valence-electron chi connectivity index (χ3n) is 10.3. The molecule has 0 saturated heterocycles. The van der Waals surface area contributed by atoms with E-state index in [1.54, 1.807) is 0 Å². The van der Waals surface area contributed by atoms with E-state index in [1.165, 1.54) is 52.8 Å².